The van der Waals surface area contributed by atoms with Gasteiger partial charge < -0.3 is 14.2 Å². The third kappa shape index (κ3) is 6.82. The summed E-state index contributed by atoms with van der Waals surface area (Å²) in [7, 11) is 1.64. The number of benzene rings is 3. The molecule has 1 unspecified atom stereocenters. The van der Waals surface area contributed by atoms with Crippen LogP contribution in [0.5, 0.6) is 23.0 Å². The van der Waals surface area contributed by atoms with Crippen molar-refractivity contribution >= 4 is 22.9 Å². The normalized spacial score (nSPS) is 15.0. The predicted molar refractivity (Wildman–Crippen MR) is 142 cm³/mol. The van der Waals surface area contributed by atoms with Gasteiger partial charge in [0.1, 0.15) is 28.2 Å². The Morgan fingerprint density at radius 3 is 2.25 bits per heavy atom. The first-order chi connectivity index (χ1) is 17.6. The van der Waals surface area contributed by atoms with E-state index in [1.165, 1.54) is 5.56 Å². The fourth-order valence-electron chi connectivity index (χ4n) is 4.05. The van der Waals surface area contributed by atoms with E-state index in [0.717, 1.165) is 78.0 Å². The summed E-state index contributed by atoms with van der Waals surface area (Å²) in [5.41, 5.74) is 3.21. The number of carbonyl (C=O) groups is 2. The van der Waals surface area contributed by atoms with Gasteiger partial charge in [-0.1, -0.05) is 37.6 Å². The van der Waals surface area contributed by atoms with Gasteiger partial charge >= 0.3 is 0 Å². The molecule has 2 amide bonds. The minimum Gasteiger partial charge on any atom is -0.497 e. The van der Waals surface area contributed by atoms with E-state index < -0.39 is 5.25 Å². The van der Waals surface area contributed by atoms with Gasteiger partial charge in [0.25, 0.3) is 5.24 Å². The van der Waals surface area contributed by atoms with Gasteiger partial charge in [-0.3, -0.25) is 14.9 Å². The fraction of sp³-hybridized carbons (Fsp3) is 0.310. The predicted octanol–water partition coefficient (Wildman–Crippen LogP) is 6.87. The fourth-order valence-corrected chi connectivity index (χ4v) is 4.89. The Kier molecular flexibility index (Phi) is 8.90. The second-order valence-corrected chi connectivity index (χ2v) is 9.70. The molecule has 6 nitrogen and oxygen atoms in total. The number of aryl methyl sites for hydroxylation is 2. The largest absolute Gasteiger partial charge is 0.497 e. The monoisotopic (exact) mass is 505 g/mol. The number of rotatable bonds is 12. The van der Waals surface area contributed by atoms with E-state index in [1.54, 1.807) is 7.11 Å². The first-order valence-electron chi connectivity index (χ1n) is 12.2. The van der Waals surface area contributed by atoms with Crippen LogP contribution in [-0.2, 0) is 17.6 Å². The Labute approximate surface area is 216 Å². The summed E-state index contributed by atoms with van der Waals surface area (Å²) in [6.45, 7) is 2.80. The van der Waals surface area contributed by atoms with Gasteiger partial charge in [0.15, 0.2) is 0 Å². The number of amides is 2. The first kappa shape index (κ1) is 25.6. The Morgan fingerprint density at radius 1 is 0.861 bits per heavy atom. The lowest BCUT2D eigenvalue weighted by atomic mass is 10.0. The van der Waals surface area contributed by atoms with Crippen molar-refractivity contribution in [1.29, 1.82) is 0 Å². The molecule has 0 aliphatic carbocycles. The average Bonchev–Trinajstić information content (AvgIpc) is 3.23. The molecule has 36 heavy (non-hydrogen) atoms. The lowest BCUT2D eigenvalue weighted by molar-refractivity contribution is -0.119. The summed E-state index contributed by atoms with van der Waals surface area (Å²) >= 11 is 1.03. The summed E-state index contributed by atoms with van der Waals surface area (Å²) in [6.07, 6.45) is 4.81. The van der Waals surface area contributed by atoms with E-state index in [2.05, 4.69) is 18.3 Å². The molecule has 1 atom stereocenters. The lowest BCUT2D eigenvalue weighted by Gasteiger charge is -2.14. The summed E-state index contributed by atoms with van der Waals surface area (Å²) in [6, 6.07) is 21.5. The summed E-state index contributed by atoms with van der Waals surface area (Å²) in [4.78, 5) is 23.2. The van der Waals surface area contributed by atoms with Gasteiger partial charge in [0.2, 0.25) is 5.91 Å². The van der Waals surface area contributed by atoms with Crippen molar-refractivity contribution in [1.82, 2.24) is 5.32 Å². The van der Waals surface area contributed by atoms with Crippen LogP contribution in [0.1, 0.15) is 48.1 Å². The Hall–Kier alpha value is -3.45. The minimum atomic E-state index is -0.440. The first-order valence-corrected chi connectivity index (χ1v) is 13.1. The van der Waals surface area contributed by atoms with E-state index in [9.17, 15) is 9.59 Å². The molecular formula is C29H31NO5S. The SMILES string of the molecule is CCCc1cc(Oc2ccc(OC)cc2)ccc1OCCCCc1ccc(C2SC(=O)NC2=O)cc1. The second kappa shape index (κ2) is 12.5. The molecular weight excluding hydrogens is 474 g/mol. The highest BCUT2D eigenvalue weighted by Crippen LogP contribution is 2.34. The number of carbonyl (C=O) groups excluding carboxylic acids is 2. The van der Waals surface area contributed by atoms with Crippen molar-refractivity contribution in [2.75, 3.05) is 13.7 Å². The molecule has 0 bridgehead atoms. The van der Waals surface area contributed by atoms with Crippen molar-refractivity contribution in [2.24, 2.45) is 0 Å². The molecule has 0 radical (unpaired) electrons. The molecule has 7 heteroatoms. The van der Waals surface area contributed by atoms with E-state index in [-0.39, 0.29) is 11.1 Å². The van der Waals surface area contributed by atoms with E-state index in [4.69, 9.17) is 14.2 Å². The standard InChI is InChI=1S/C29H31NO5S/c1-3-6-22-19-25(35-24-14-12-23(33-2)13-15-24)16-17-26(22)34-18-5-4-7-20-8-10-21(11-9-20)27-28(31)30-29(32)36-27/h8-17,19,27H,3-7,18H2,1-2H3,(H,30,31,32). The summed E-state index contributed by atoms with van der Waals surface area (Å²) < 4.78 is 17.3. The third-order valence-corrected chi connectivity index (χ3v) is 6.97. The highest BCUT2D eigenvalue weighted by Gasteiger charge is 2.32. The van der Waals surface area contributed by atoms with Gasteiger partial charge in [-0.15, -0.1) is 0 Å². The molecule has 0 spiro atoms. The summed E-state index contributed by atoms with van der Waals surface area (Å²) in [5.74, 6) is 3.02. The quantitative estimate of drug-likeness (QED) is 0.271. The molecule has 1 aliphatic rings. The molecule has 188 valence electrons. The highest BCUT2D eigenvalue weighted by atomic mass is 32.2. The lowest BCUT2D eigenvalue weighted by Crippen LogP contribution is -2.20. The summed E-state index contributed by atoms with van der Waals surface area (Å²) in [5, 5.41) is 1.61. The van der Waals surface area contributed by atoms with Gasteiger partial charge in [-0.25, -0.2) is 0 Å². The number of thioether (sulfide) groups is 1. The van der Waals surface area contributed by atoms with Crippen molar-refractivity contribution in [2.45, 2.75) is 44.3 Å². The van der Waals surface area contributed by atoms with Gasteiger partial charge in [-0.05, 0) is 96.6 Å². The van der Waals surface area contributed by atoms with Gasteiger partial charge in [0.05, 0.1) is 13.7 Å². The zero-order valence-corrected chi connectivity index (χ0v) is 21.4. The van der Waals surface area contributed by atoms with Crippen molar-refractivity contribution in [3.8, 4) is 23.0 Å². The average molecular weight is 506 g/mol. The Bertz CT molecular complexity index is 1180. The van der Waals surface area contributed by atoms with Crippen LogP contribution in [0.25, 0.3) is 0 Å². The number of unbranched alkanes of at least 4 members (excludes halogenated alkanes) is 1. The minimum absolute atomic E-state index is 0.238. The number of ether oxygens (including phenoxy) is 3. The van der Waals surface area contributed by atoms with E-state index in [0.29, 0.717) is 6.61 Å². The number of methoxy groups -OCH3 is 1. The topological polar surface area (TPSA) is 73.9 Å². The van der Waals surface area contributed by atoms with E-state index in [1.807, 2.05) is 60.7 Å². The van der Waals surface area contributed by atoms with Crippen LogP contribution in [0.2, 0.25) is 0 Å². The molecule has 1 heterocycles. The molecule has 3 aromatic carbocycles. The van der Waals surface area contributed by atoms with Crippen LogP contribution in [0.15, 0.2) is 66.7 Å². The maximum Gasteiger partial charge on any atom is 0.286 e. The van der Waals surface area contributed by atoms with Crippen molar-refractivity contribution in [3.05, 3.63) is 83.4 Å². The maximum atomic E-state index is 11.8. The zero-order chi connectivity index (χ0) is 25.3. The van der Waals surface area contributed by atoms with Gasteiger partial charge in [0, 0.05) is 0 Å². The van der Waals surface area contributed by atoms with Gasteiger partial charge in [-0.2, -0.15) is 0 Å². The molecule has 4 rings (SSSR count). The molecule has 1 fully saturated rings. The van der Waals surface area contributed by atoms with Crippen LogP contribution in [-0.4, -0.2) is 24.9 Å². The highest BCUT2D eigenvalue weighted by molar-refractivity contribution is 8.15. The Morgan fingerprint density at radius 2 is 1.58 bits per heavy atom. The molecule has 0 aromatic heterocycles. The molecule has 0 saturated carbocycles. The van der Waals surface area contributed by atoms with E-state index >= 15 is 0 Å². The molecule has 1 N–H and O–H groups in total. The number of imide groups is 1. The maximum absolute atomic E-state index is 11.8. The molecule has 3 aromatic rings. The zero-order valence-electron chi connectivity index (χ0n) is 20.6. The van der Waals surface area contributed by atoms with Crippen molar-refractivity contribution < 1.29 is 23.8 Å². The van der Waals surface area contributed by atoms with Crippen LogP contribution < -0.4 is 19.5 Å². The van der Waals surface area contributed by atoms with Crippen LogP contribution in [0, 0.1) is 0 Å². The van der Waals surface area contributed by atoms with Crippen molar-refractivity contribution in [3.63, 3.8) is 0 Å². The molecule has 1 saturated heterocycles. The number of hydrogen-bond acceptors (Lipinski definition) is 6. The third-order valence-electron chi connectivity index (χ3n) is 5.93. The Balaban J connectivity index is 1.25. The second-order valence-electron chi connectivity index (χ2n) is 8.62. The number of hydrogen-bond donors (Lipinski definition) is 1. The number of nitrogens with one attached hydrogen (secondary N) is 1. The smallest absolute Gasteiger partial charge is 0.286 e. The van der Waals surface area contributed by atoms with Crippen LogP contribution in [0.4, 0.5) is 4.79 Å². The van der Waals surface area contributed by atoms with Crippen LogP contribution >= 0.6 is 11.8 Å². The van der Waals surface area contributed by atoms with Crippen LogP contribution in [0.3, 0.4) is 0 Å². The molecule has 1 aliphatic heterocycles.